The zero-order valence-electron chi connectivity index (χ0n) is 11.5. The Morgan fingerprint density at radius 2 is 1.82 bits per heavy atom. The standard InChI is InChI=1S/C13H24BrN3/c1-6-9(7-2)17-12(15)11(14)10(16-17)8-13(3,4)5/h9H,6-8,15H2,1-5H3. The smallest absolute Gasteiger partial charge is 0.136 e. The summed E-state index contributed by atoms with van der Waals surface area (Å²) in [5.41, 5.74) is 7.42. The van der Waals surface area contributed by atoms with E-state index in [1.807, 2.05) is 4.68 Å². The van der Waals surface area contributed by atoms with Crippen molar-refractivity contribution in [3.8, 4) is 0 Å². The third kappa shape index (κ3) is 3.47. The highest BCUT2D eigenvalue weighted by Gasteiger charge is 2.21. The average Bonchev–Trinajstić information content (AvgIpc) is 2.47. The Balaban J connectivity index is 3.07. The molecule has 4 heteroatoms. The predicted octanol–water partition coefficient (Wildman–Crippen LogP) is 4.18. The van der Waals surface area contributed by atoms with Gasteiger partial charge < -0.3 is 5.73 Å². The minimum atomic E-state index is 0.224. The maximum Gasteiger partial charge on any atom is 0.136 e. The summed E-state index contributed by atoms with van der Waals surface area (Å²) in [4.78, 5) is 0. The van der Waals surface area contributed by atoms with E-state index in [1.165, 1.54) is 0 Å². The average molecular weight is 302 g/mol. The van der Waals surface area contributed by atoms with E-state index >= 15 is 0 Å². The summed E-state index contributed by atoms with van der Waals surface area (Å²) in [6.07, 6.45) is 3.05. The fourth-order valence-electron chi connectivity index (χ4n) is 2.00. The predicted molar refractivity (Wildman–Crippen MR) is 77.1 cm³/mol. The van der Waals surface area contributed by atoms with Gasteiger partial charge in [0.15, 0.2) is 0 Å². The van der Waals surface area contributed by atoms with Crippen LogP contribution in [0.2, 0.25) is 0 Å². The normalized spacial score (nSPS) is 12.4. The van der Waals surface area contributed by atoms with Crippen molar-refractivity contribution >= 4 is 21.7 Å². The molecule has 0 bridgehead atoms. The molecule has 1 aromatic rings. The van der Waals surface area contributed by atoms with Crippen LogP contribution in [0.1, 0.15) is 59.2 Å². The van der Waals surface area contributed by atoms with E-state index < -0.39 is 0 Å². The van der Waals surface area contributed by atoms with Crippen LogP contribution in [0.25, 0.3) is 0 Å². The van der Waals surface area contributed by atoms with Gasteiger partial charge in [-0.3, -0.25) is 0 Å². The lowest BCUT2D eigenvalue weighted by atomic mass is 9.91. The highest BCUT2D eigenvalue weighted by Crippen LogP contribution is 2.32. The van der Waals surface area contributed by atoms with Crippen LogP contribution in [0.3, 0.4) is 0 Å². The maximum absolute atomic E-state index is 6.13. The van der Waals surface area contributed by atoms with Crippen molar-refractivity contribution in [1.29, 1.82) is 0 Å². The lowest BCUT2D eigenvalue weighted by Crippen LogP contribution is -2.13. The molecule has 0 fully saturated rings. The van der Waals surface area contributed by atoms with E-state index in [2.05, 4.69) is 55.6 Å². The number of nitrogens with zero attached hydrogens (tertiary/aromatic N) is 2. The van der Waals surface area contributed by atoms with E-state index in [0.717, 1.165) is 35.2 Å². The third-order valence-electron chi connectivity index (χ3n) is 2.94. The molecule has 0 radical (unpaired) electrons. The highest BCUT2D eigenvalue weighted by molar-refractivity contribution is 9.10. The first-order valence-electron chi connectivity index (χ1n) is 6.32. The highest BCUT2D eigenvalue weighted by atomic mass is 79.9. The second-order valence-electron chi connectivity index (χ2n) is 5.80. The van der Waals surface area contributed by atoms with Gasteiger partial charge in [0.05, 0.1) is 16.2 Å². The van der Waals surface area contributed by atoms with Gasteiger partial charge >= 0.3 is 0 Å². The number of rotatable bonds is 4. The maximum atomic E-state index is 6.13. The fourth-order valence-corrected chi connectivity index (χ4v) is 2.41. The van der Waals surface area contributed by atoms with Gasteiger partial charge in [-0.2, -0.15) is 5.10 Å². The van der Waals surface area contributed by atoms with Crippen LogP contribution in [0.5, 0.6) is 0 Å². The molecule has 0 spiro atoms. The molecule has 0 aromatic carbocycles. The number of anilines is 1. The molecule has 1 heterocycles. The summed E-state index contributed by atoms with van der Waals surface area (Å²) in [6, 6.07) is 0.403. The first-order valence-corrected chi connectivity index (χ1v) is 7.11. The minimum Gasteiger partial charge on any atom is -0.383 e. The van der Waals surface area contributed by atoms with Gasteiger partial charge in [-0.25, -0.2) is 4.68 Å². The Morgan fingerprint density at radius 1 is 1.29 bits per heavy atom. The quantitative estimate of drug-likeness (QED) is 0.907. The first kappa shape index (κ1) is 14.6. The second-order valence-corrected chi connectivity index (χ2v) is 6.59. The van der Waals surface area contributed by atoms with Crippen LogP contribution in [0.15, 0.2) is 4.47 Å². The molecule has 98 valence electrons. The second kappa shape index (κ2) is 5.42. The Morgan fingerprint density at radius 3 is 2.24 bits per heavy atom. The van der Waals surface area contributed by atoms with Gasteiger partial charge in [0, 0.05) is 0 Å². The molecule has 0 saturated carbocycles. The number of nitrogen functional groups attached to an aromatic ring is 1. The minimum absolute atomic E-state index is 0.224. The Bertz CT molecular complexity index is 373. The summed E-state index contributed by atoms with van der Waals surface area (Å²) >= 11 is 3.57. The fraction of sp³-hybridized carbons (Fsp3) is 0.769. The summed E-state index contributed by atoms with van der Waals surface area (Å²) in [5.74, 6) is 0.762. The molecule has 0 aliphatic heterocycles. The van der Waals surface area contributed by atoms with Crippen molar-refractivity contribution in [2.24, 2.45) is 5.41 Å². The lowest BCUT2D eigenvalue weighted by molar-refractivity contribution is 0.391. The van der Waals surface area contributed by atoms with Crippen LogP contribution in [0, 0.1) is 5.41 Å². The third-order valence-corrected chi connectivity index (χ3v) is 3.80. The molecule has 0 aliphatic rings. The molecule has 17 heavy (non-hydrogen) atoms. The van der Waals surface area contributed by atoms with Crippen LogP contribution < -0.4 is 5.73 Å². The summed E-state index contributed by atoms with van der Waals surface area (Å²) in [5, 5.41) is 4.68. The van der Waals surface area contributed by atoms with E-state index in [0.29, 0.717) is 6.04 Å². The van der Waals surface area contributed by atoms with E-state index in [9.17, 15) is 0 Å². The number of hydrogen-bond acceptors (Lipinski definition) is 2. The van der Waals surface area contributed by atoms with Crippen molar-refractivity contribution < 1.29 is 0 Å². The number of nitrogens with two attached hydrogens (primary N) is 1. The number of aromatic nitrogens is 2. The molecule has 0 atom stereocenters. The zero-order chi connectivity index (χ0) is 13.2. The molecule has 3 nitrogen and oxygen atoms in total. The van der Waals surface area contributed by atoms with Crippen molar-refractivity contribution in [3.63, 3.8) is 0 Å². The number of halogens is 1. The van der Waals surface area contributed by atoms with Gasteiger partial charge in [-0.1, -0.05) is 34.6 Å². The van der Waals surface area contributed by atoms with Crippen LogP contribution in [-0.4, -0.2) is 9.78 Å². The molecule has 1 aromatic heterocycles. The monoisotopic (exact) mass is 301 g/mol. The lowest BCUT2D eigenvalue weighted by Gasteiger charge is -2.17. The first-order chi connectivity index (χ1) is 7.80. The Hall–Kier alpha value is -0.510. The molecule has 1 rings (SSSR count). The number of hydrogen-bond donors (Lipinski definition) is 1. The molecule has 0 aliphatic carbocycles. The zero-order valence-corrected chi connectivity index (χ0v) is 13.1. The molecular formula is C13H24BrN3. The van der Waals surface area contributed by atoms with E-state index in [4.69, 9.17) is 5.73 Å². The molecular weight excluding hydrogens is 278 g/mol. The summed E-state index contributed by atoms with van der Waals surface area (Å²) in [6.45, 7) is 11.0. The largest absolute Gasteiger partial charge is 0.383 e. The van der Waals surface area contributed by atoms with Gasteiger partial charge in [0.1, 0.15) is 5.82 Å². The van der Waals surface area contributed by atoms with Gasteiger partial charge in [0.25, 0.3) is 0 Å². The van der Waals surface area contributed by atoms with Crippen molar-refractivity contribution in [2.45, 2.75) is 59.9 Å². The topological polar surface area (TPSA) is 43.8 Å². The van der Waals surface area contributed by atoms with Crippen LogP contribution in [0.4, 0.5) is 5.82 Å². The molecule has 2 N–H and O–H groups in total. The van der Waals surface area contributed by atoms with E-state index in [1.54, 1.807) is 0 Å². The van der Waals surface area contributed by atoms with Crippen LogP contribution >= 0.6 is 15.9 Å². The van der Waals surface area contributed by atoms with Gasteiger partial charge in [-0.05, 0) is 40.6 Å². The molecule has 0 amide bonds. The van der Waals surface area contributed by atoms with Gasteiger partial charge in [0.2, 0.25) is 0 Å². The molecule has 0 saturated heterocycles. The van der Waals surface area contributed by atoms with Crippen LogP contribution in [-0.2, 0) is 6.42 Å². The SMILES string of the molecule is CCC(CC)n1nc(CC(C)(C)C)c(Br)c1N. The van der Waals surface area contributed by atoms with E-state index in [-0.39, 0.29) is 5.41 Å². The van der Waals surface area contributed by atoms with Crippen molar-refractivity contribution in [1.82, 2.24) is 9.78 Å². The van der Waals surface area contributed by atoms with Crippen molar-refractivity contribution in [3.05, 3.63) is 10.2 Å². The van der Waals surface area contributed by atoms with Crippen molar-refractivity contribution in [2.75, 3.05) is 5.73 Å². The summed E-state index contributed by atoms with van der Waals surface area (Å²) in [7, 11) is 0. The Kier molecular flexibility index (Phi) is 4.64. The molecule has 0 unspecified atom stereocenters. The summed E-state index contributed by atoms with van der Waals surface area (Å²) < 4.78 is 2.95. The Labute approximate surface area is 113 Å². The van der Waals surface area contributed by atoms with Gasteiger partial charge in [-0.15, -0.1) is 0 Å².